The quantitative estimate of drug-likeness (QED) is 0.554. The number of hydrogen-bond donors (Lipinski definition) is 0. The molecule has 0 amide bonds. The number of rotatable bonds is 0. The van der Waals surface area contributed by atoms with Crippen LogP contribution < -0.4 is 0 Å². The van der Waals surface area contributed by atoms with E-state index in [1.807, 2.05) is 6.92 Å². The summed E-state index contributed by atoms with van der Waals surface area (Å²) in [4.78, 5) is 17.4. The Morgan fingerprint density at radius 2 is 1.82 bits per heavy atom. The zero-order valence-electron chi connectivity index (χ0n) is 13.2. The van der Waals surface area contributed by atoms with Crippen molar-refractivity contribution in [3.63, 3.8) is 0 Å². The number of carbonyl (C=O) groups is 1. The van der Waals surface area contributed by atoms with Crippen LogP contribution >= 0.6 is 0 Å². The molecule has 2 heteroatoms. The minimum Gasteiger partial charge on any atom is -0.294 e. The molecule has 0 unspecified atom stereocenters. The van der Waals surface area contributed by atoms with Gasteiger partial charge in [-0.25, -0.2) is 0 Å². The first-order chi connectivity index (χ1) is 10.5. The fourth-order valence-electron chi connectivity index (χ4n) is 3.86. The Morgan fingerprint density at radius 1 is 1.05 bits per heavy atom. The monoisotopic (exact) mass is 289 g/mol. The van der Waals surface area contributed by atoms with E-state index in [0.717, 1.165) is 23.2 Å². The third-order valence-electron chi connectivity index (χ3n) is 4.73. The number of aromatic nitrogens is 1. The molecule has 0 radical (unpaired) electrons. The molecule has 0 spiro atoms. The Hall–Kier alpha value is -2.22. The van der Waals surface area contributed by atoms with Gasteiger partial charge in [0.25, 0.3) is 0 Å². The van der Waals surface area contributed by atoms with Crippen LogP contribution in [0.25, 0.3) is 21.7 Å². The van der Waals surface area contributed by atoms with Crippen molar-refractivity contribution in [2.24, 2.45) is 5.41 Å². The molecule has 110 valence electrons. The summed E-state index contributed by atoms with van der Waals surface area (Å²) in [6, 6.07) is 12.6. The van der Waals surface area contributed by atoms with E-state index >= 15 is 0 Å². The highest BCUT2D eigenvalue weighted by Gasteiger charge is 2.34. The zero-order chi connectivity index (χ0) is 15.5. The van der Waals surface area contributed by atoms with Crippen LogP contribution in [-0.2, 0) is 6.42 Å². The second-order valence-corrected chi connectivity index (χ2v) is 7.17. The Bertz CT molecular complexity index is 937. The third kappa shape index (κ3) is 1.87. The first kappa shape index (κ1) is 13.4. The highest BCUT2D eigenvalue weighted by molar-refractivity contribution is 6.12. The van der Waals surface area contributed by atoms with E-state index in [0.29, 0.717) is 6.42 Å². The topological polar surface area (TPSA) is 30.0 Å². The molecule has 2 aromatic carbocycles. The van der Waals surface area contributed by atoms with Crippen molar-refractivity contribution in [3.8, 4) is 0 Å². The van der Waals surface area contributed by atoms with Gasteiger partial charge in [0.05, 0.1) is 5.52 Å². The maximum atomic E-state index is 12.7. The number of hydrogen-bond acceptors (Lipinski definition) is 2. The van der Waals surface area contributed by atoms with Gasteiger partial charge < -0.3 is 0 Å². The maximum absolute atomic E-state index is 12.7. The van der Waals surface area contributed by atoms with Gasteiger partial charge >= 0.3 is 0 Å². The summed E-state index contributed by atoms with van der Waals surface area (Å²) in [6.45, 7) is 6.32. The van der Waals surface area contributed by atoms with E-state index in [-0.39, 0.29) is 11.2 Å². The van der Waals surface area contributed by atoms with E-state index in [2.05, 4.69) is 50.2 Å². The van der Waals surface area contributed by atoms with Gasteiger partial charge in [-0.15, -0.1) is 0 Å². The lowest BCUT2D eigenvalue weighted by molar-refractivity contribution is 0.0912. The molecule has 1 aromatic heterocycles. The lowest BCUT2D eigenvalue weighted by atomic mass is 9.72. The standard InChI is InChI=1S/C20H19NO/c1-12-18-15(10-20(2,3)11-17(18)22)19-14-7-5-4-6-13(14)8-9-16(19)21-12/h4-9H,10-11H2,1-3H3. The van der Waals surface area contributed by atoms with Gasteiger partial charge in [0, 0.05) is 23.1 Å². The maximum Gasteiger partial charge on any atom is 0.165 e. The molecule has 0 aliphatic heterocycles. The van der Waals surface area contributed by atoms with Crippen molar-refractivity contribution in [3.05, 3.63) is 53.2 Å². The summed E-state index contributed by atoms with van der Waals surface area (Å²) in [5.41, 5.74) is 3.95. The Morgan fingerprint density at radius 3 is 2.64 bits per heavy atom. The van der Waals surface area contributed by atoms with Gasteiger partial charge in [0.1, 0.15) is 0 Å². The summed E-state index contributed by atoms with van der Waals surface area (Å²) < 4.78 is 0. The molecular weight excluding hydrogens is 270 g/mol. The molecule has 0 N–H and O–H groups in total. The smallest absolute Gasteiger partial charge is 0.165 e. The molecule has 4 rings (SSSR count). The van der Waals surface area contributed by atoms with E-state index in [1.54, 1.807) is 0 Å². The van der Waals surface area contributed by atoms with Crippen LogP contribution in [0.3, 0.4) is 0 Å². The predicted octanol–water partition coefficient (Wildman–Crippen LogP) is 4.85. The van der Waals surface area contributed by atoms with Crippen LogP contribution in [0.2, 0.25) is 0 Å². The average molecular weight is 289 g/mol. The summed E-state index contributed by atoms with van der Waals surface area (Å²) in [5.74, 6) is 0.242. The summed E-state index contributed by atoms with van der Waals surface area (Å²) in [6.07, 6.45) is 1.54. The highest BCUT2D eigenvalue weighted by atomic mass is 16.1. The van der Waals surface area contributed by atoms with Gasteiger partial charge in [-0.2, -0.15) is 0 Å². The summed E-state index contributed by atoms with van der Waals surface area (Å²) >= 11 is 0. The van der Waals surface area contributed by atoms with Crippen molar-refractivity contribution in [2.45, 2.75) is 33.6 Å². The number of nitrogens with zero attached hydrogens (tertiary/aromatic N) is 1. The molecular formula is C20H19NO. The van der Waals surface area contributed by atoms with Crippen LogP contribution in [0.5, 0.6) is 0 Å². The van der Waals surface area contributed by atoms with Crippen molar-refractivity contribution in [2.75, 3.05) is 0 Å². The van der Waals surface area contributed by atoms with Gasteiger partial charge in [0.15, 0.2) is 5.78 Å². The van der Waals surface area contributed by atoms with E-state index in [9.17, 15) is 4.79 Å². The normalized spacial score (nSPS) is 17.0. The SMILES string of the molecule is Cc1nc2ccc3ccccc3c2c2c1C(=O)CC(C)(C)C2. The van der Waals surface area contributed by atoms with E-state index in [4.69, 9.17) is 4.98 Å². The van der Waals surface area contributed by atoms with E-state index < -0.39 is 0 Å². The molecule has 0 saturated carbocycles. The van der Waals surface area contributed by atoms with Gasteiger partial charge in [-0.05, 0) is 41.2 Å². The molecule has 1 heterocycles. The number of carbonyl (C=O) groups excluding carboxylic acids is 1. The Labute approximate surface area is 130 Å². The Balaban J connectivity index is 2.21. The fourth-order valence-corrected chi connectivity index (χ4v) is 3.86. The molecule has 0 atom stereocenters. The first-order valence-electron chi connectivity index (χ1n) is 7.80. The zero-order valence-corrected chi connectivity index (χ0v) is 13.2. The number of Topliss-reactive ketones (excluding diaryl/α,β-unsaturated/α-hetero) is 1. The number of fused-ring (bicyclic) bond motifs is 5. The Kier molecular flexibility index (Phi) is 2.68. The lowest BCUT2D eigenvalue weighted by Gasteiger charge is -2.32. The lowest BCUT2D eigenvalue weighted by Crippen LogP contribution is -2.28. The summed E-state index contributed by atoms with van der Waals surface area (Å²) in [7, 11) is 0. The van der Waals surface area contributed by atoms with Crippen LogP contribution in [0.4, 0.5) is 0 Å². The van der Waals surface area contributed by atoms with E-state index in [1.165, 1.54) is 21.7 Å². The number of benzene rings is 2. The number of ketones is 1. The summed E-state index contributed by atoms with van der Waals surface area (Å²) in [5, 5.41) is 3.58. The van der Waals surface area contributed by atoms with Crippen molar-refractivity contribution in [1.29, 1.82) is 0 Å². The predicted molar refractivity (Wildman–Crippen MR) is 90.4 cm³/mol. The van der Waals surface area contributed by atoms with Crippen LogP contribution in [0, 0.1) is 12.3 Å². The number of aryl methyl sites for hydroxylation is 1. The third-order valence-corrected chi connectivity index (χ3v) is 4.73. The van der Waals surface area contributed by atoms with Crippen LogP contribution in [0.15, 0.2) is 36.4 Å². The van der Waals surface area contributed by atoms with Gasteiger partial charge in [-0.3, -0.25) is 9.78 Å². The van der Waals surface area contributed by atoms with Crippen LogP contribution in [0.1, 0.15) is 41.9 Å². The molecule has 1 aliphatic carbocycles. The van der Waals surface area contributed by atoms with Crippen molar-refractivity contribution >= 4 is 27.5 Å². The van der Waals surface area contributed by atoms with Crippen LogP contribution in [-0.4, -0.2) is 10.8 Å². The fraction of sp³-hybridized carbons (Fsp3) is 0.300. The number of pyridine rings is 1. The molecule has 3 aromatic rings. The highest BCUT2D eigenvalue weighted by Crippen LogP contribution is 2.40. The minimum absolute atomic E-state index is 0.0156. The second-order valence-electron chi connectivity index (χ2n) is 7.17. The van der Waals surface area contributed by atoms with Crippen molar-refractivity contribution in [1.82, 2.24) is 4.98 Å². The average Bonchev–Trinajstić information content (AvgIpc) is 2.44. The van der Waals surface area contributed by atoms with Gasteiger partial charge in [0.2, 0.25) is 0 Å². The molecule has 2 nitrogen and oxygen atoms in total. The molecule has 22 heavy (non-hydrogen) atoms. The largest absolute Gasteiger partial charge is 0.294 e. The molecule has 0 bridgehead atoms. The molecule has 1 aliphatic rings. The van der Waals surface area contributed by atoms with Gasteiger partial charge in [-0.1, -0.05) is 44.2 Å². The van der Waals surface area contributed by atoms with Crippen molar-refractivity contribution < 1.29 is 4.79 Å². The second kappa shape index (κ2) is 4.39. The molecule has 0 fully saturated rings. The molecule has 0 saturated heterocycles. The first-order valence-corrected chi connectivity index (χ1v) is 7.80. The minimum atomic E-state index is 0.0156.